The largest absolute Gasteiger partial charge is 0.477 e. The first kappa shape index (κ1) is 20.9. The van der Waals surface area contributed by atoms with Crippen molar-refractivity contribution in [3.8, 4) is 0 Å². The number of amides is 2. The Morgan fingerprint density at radius 2 is 2.13 bits per heavy atom. The lowest BCUT2D eigenvalue weighted by Crippen LogP contribution is -2.70. The smallest absolute Gasteiger partial charge is 0.352 e. The zero-order valence-corrected chi connectivity index (χ0v) is 18.7. The van der Waals surface area contributed by atoms with Crippen LogP contribution in [0.3, 0.4) is 0 Å². The number of thioether (sulfide) groups is 2. The molecule has 30 heavy (non-hydrogen) atoms. The topological polar surface area (TPSA) is 130 Å². The molecule has 0 bridgehead atoms. The predicted octanol–water partition coefficient (Wildman–Crippen LogP) is 1.03. The van der Waals surface area contributed by atoms with Gasteiger partial charge in [0.2, 0.25) is 0 Å². The number of carboxylic acid groups (broad SMARTS) is 1. The molecule has 1 saturated heterocycles. The highest BCUT2D eigenvalue weighted by molar-refractivity contribution is 8.01. The molecule has 2 N–H and O–H groups in total. The number of rotatable bonds is 6. The van der Waals surface area contributed by atoms with Crippen LogP contribution >= 0.6 is 34.9 Å². The number of fused-ring (bicyclic) bond motifs is 1. The summed E-state index contributed by atoms with van der Waals surface area (Å²) >= 11 is 4.29. The highest BCUT2D eigenvalue weighted by Crippen LogP contribution is 2.41. The molecule has 1 fully saturated rings. The van der Waals surface area contributed by atoms with Crippen LogP contribution in [0.4, 0.5) is 0 Å². The first-order valence-corrected chi connectivity index (χ1v) is 11.8. The molecular formula is C17H18N6O4S3. The van der Waals surface area contributed by atoms with E-state index in [2.05, 4.69) is 20.6 Å². The lowest BCUT2D eigenvalue weighted by molar-refractivity contribution is -0.148. The Morgan fingerprint density at radius 3 is 2.73 bits per heavy atom. The zero-order valence-electron chi connectivity index (χ0n) is 16.3. The normalized spacial score (nSPS) is 20.8. The maximum atomic E-state index is 12.7. The number of nitrogens with one attached hydrogen (secondary N) is 1. The van der Waals surface area contributed by atoms with E-state index < -0.39 is 29.2 Å². The lowest BCUT2D eigenvalue weighted by Gasteiger charge is -2.49. The summed E-state index contributed by atoms with van der Waals surface area (Å²) in [6.45, 7) is 3.57. The third-order valence-electron chi connectivity index (χ3n) is 4.67. The molecule has 2 atom stereocenters. The third kappa shape index (κ3) is 3.72. The van der Waals surface area contributed by atoms with E-state index in [1.165, 1.54) is 44.4 Å². The molecule has 4 heterocycles. The molecule has 2 aliphatic heterocycles. The molecule has 0 aromatic carbocycles. The Labute approximate surface area is 184 Å². The van der Waals surface area contributed by atoms with E-state index >= 15 is 0 Å². The van der Waals surface area contributed by atoms with E-state index in [1.54, 1.807) is 20.2 Å². The van der Waals surface area contributed by atoms with Crippen LogP contribution in [0.1, 0.15) is 21.1 Å². The monoisotopic (exact) mass is 466 g/mol. The summed E-state index contributed by atoms with van der Waals surface area (Å²) in [7, 11) is 1.71. The van der Waals surface area contributed by atoms with Gasteiger partial charge in [0, 0.05) is 24.8 Å². The van der Waals surface area contributed by atoms with Crippen LogP contribution in [0.2, 0.25) is 0 Å². The number of aromatic nitrogens is 4. The van der Waals surface area contributed by atoms with Gasteiger partial charge in [-0.3, -0.25) is 19.2 Å². The zero-order chi connectivity index (χ0) is 21.6. The van der Waals surface area contributed by atoms with Gasteiger partial charge in [0.1, 0.15) is 22.1 Å². The van der Waals surface area contributed by atoms with Gasteiger partial charge in [-0.2, -0.15) is 5.10 Å². The number of carboxylic acids is 1. The summed E-state index contributed by atoms with van der Waals surface area (Å²) in [5.74, 6) is -1.10. The summed E-state index contributed by atoms with van der Waals surface area (Å²) in [6.07, 6.45) is 1.59. The second kappa shape index (κ2) is 8.04. The number of β-lactam (4-membered cyclic amide) rings is 1. The lowest BCUT2D eigenvalue weighted by atomic mass is 10.0. The Hall–Kier alpha value is -2.38. The van der Waals surface area contributed by atoms with E-state index in [9.17, 15) is 19.5 Å². The molecule has 2 aromatic rings. The number of aliphatic carboxylic acids is 1. The quantitative estimate of drug-likeness (QED) is 0.473. The van der Waals surface area contributed by atoms with E-state index in [0.717, 1.165) is 9.35 Å². The molecule has 0 unspecified atom stereocenters. The van der Waals surface area contributed by atoms with Crippen molar-refractivity contribution in [3.63, 3.8) is 0 Å². The van der Waals surface area contributed by atoms with Crippen molar-refractivity contribution in [2.75, 3.05) is 11.5 Å². The third-order valence-corrected chi connectivity index (χ3v) is 8.07. The predicted molar refractivity (Wildman–Crippen MR) is 112 cm³/mol. The highest BCUT2D eigenvalue weighted by atomic mass is 32.2. The molecule has 158 valence electrons. The van der Waals surface area contributed by atoms with Gasteiger partial charge < -0.3 is 10.4 Å². The van der Waals surface area contributed by atoms with Gasteiger partial charge in [-0.1, -0.05) is 23.1 Å². The van der Waals surface area contributed by atoms with Gasteiger partial charge in [0.15, 0.2) is 4.34 Å². The Morgan fingerprint density at radius 1 is 1.37 bits per heavy atom. The van der Waals surface area contributed by atoms with Crippen molar-refractivity contribution in [1.82, 2.24) is 30.2 Å². The number of aryl methyl sites for hydroxylation is 3. The summed E-state index contributed by atoms with van der Waals surface area (Å²) < 4.78 is 2.28. The second-order valence-corrected chi connectivity index (χ2v) is 10.3. The average molecular weight is 467 g/mol. The van der Waals surface area contributed by atoms with E-state index in [4.69, 9.17) is 0 Å². The number of carbonyl (C=O) groups excluding carboxylic acids is 2. The van der Waals surface area contributed by atoms with Crippen LogP contribution in [0.5, 0.6) is 0 Å². The molecule has 0 saturated carbocycles. The number of carbonyl (C=O) groups is 3. The number of nitrogens with zero attached hydrogens (tertiary/aromatic N) is 5. The van der Waals surface area contributed by atoms with Crippen LogP contribution in [0.25, 0.3) is 0 Å². The summed E-state index contributed by atoms with van der Waals surface area (Å²) in [4.78, 5) is 38.5. The van der Waals surface area contributed by atoms with Crippen LogP contribution in [-0.4, -0.2) is 70.7 Å². The Kier molecular flexibility index (Phi) is 5.59. The standard InChI is InChI=1S/C17H18N6O4S3/c1-7-10(4-22(3)21-7)13(24)18-11-14(25)23-12(16(26)27)9(5-28-15(11)23)6-29-17-20-19-8(2)30-17/h4,11,15H,5-6H2,1-3H3,(H,18,24)(H,26,27)/t11-,15+/m0/s1. The minimum Gasteiger partial charge on any atom is -0.477 e. The SMILES string of the molecule is Cc1nnc(SCC2=C(C(=O)O)N3C(=O)[C@H](NC(=O)c4cn(C)nc4C)[C@H]3SC2)s1. The van der Waals surface area contributed by atoms with Crippen molar-refractivity contribution in [1.29, 1.82) is 0 Å². The van der Waals surface area contributed by atoms with Crippen LogP contribution in [0.15, 0.2) is 21.8 Å². The molecule has 0 radical (unpaired) electrons. The minimum absolute atomic E-state index is 0.000504. The minimum atomic E-state index is -1.15. The van der Waals surface area contributed by atoms with Crippen molar-refractivity contribution in [2.24, 2.45) is 7.05 Å². The number of hydrogen-bond acceptors (Lipinski definition) is 9. The van der Waals surface area contributed by atoms with Crippen LogP contribution in [0, 0.1) is 13.8 Å². The van der Waals surface area contributed by atoms with Gasteiger partial charge in [0.25, 0.3) is 11.8 Å². The Bertz CT molecular complexity index is 1080. The molecular weight excluding hydrogens is 448 g/mol. The fourth-order valence-electron chi connectivity index (χ4n) is 3.32. The van der Waals surface area contributed by atoms with Gasteiger partial charge in [-0.25, -0.2) is 4.79 Å². The van der Waals surface area contributed by atoms with E-state index in [1.807, 2.05) is 6.92 Å². The van der Waals surface area contributed by atoms with Gasteiger partial charge in [0.05, 0.1) is 11.3 Å². The van der Waals surface area contributed by atoms with Crippen molar-refractivity contribution >= 4 is 52.6 Å². The molecule has 0 spiro atoms. The van der Waals surface area contributed by atoms with E-state index in [0.29, 0.717) is 28.3 Å². The summed E-state index contributed by atoms with van der Waals surface area (Å²) in [6, 6.07) is -0.767. The fraction of sp³-hybridized carbons (Fsp3) is 0.412. The van der Waals surface area contributed by atoms with Crippen LogP contribution in [-0.2, 0) is 16.6 Å². The molecule has 4 rings (SSSR count). The summed E-state index contributed by atoms with van der Waals surface area (Å²) in [5, 5.41) is 25.0. The van der Waals surface area contributed by atoms with Gasteiger partial charge >= 0.3 is 5.97 Å². The fourth-order valence-corrected chi connectivity index (χ4v) is 6.62. The maximum Gasteiger partial charge on any atom is 0.352 e. The number of hydrogen-bond donors (Lipinski definition) is 2. The van der Waals surface area contributed by atoms with E-state index in [-0.39, 0.29) is 5.70 Å². The molecule has 2 amide bonds. The second-order valence-electron chi connectivity index (χ2n) is 6.80. The average Bonchev–Trinajstić information content (AvgIpc) is 3.27. The Balaban J connectivity index is 1.49. The van der Waals surface area contributed by atoms with Crippen molar-refractivity contribution in [2.45, 2.75) is 29.6 Å². The van der Waals surface area contributed by atoms with Crippen molar-refractivity contribution in [3.05, 3.63) is 33.7 Å². The molecule has 2 aliphatic rings. The molecule has 10 nitrogen and oxygen atoms in total. The highest BCUT2D eigenvalue weighted by Gasteiger charge is 2.54. The molecule has 13 heteroatoms. The molecule has 0 aliphatic carbocycles. The summed E-state index contributed by atoms with van der Waals surface area (Å²) in [5.41, 5.74) is 1.61. The first-order valence-electron chi connectivity index (χ1n) is 8.90. The maximum absolute atomic E-state index is 12.7. The molecule has 2 aromatic heterocycles. The van der Waals surface area contributed by atoms with Gasteiger partial charge in [-0.15, -0.1) is 22.0 Å². The first-order chi connectivity index (χ1) is 14.3. The van der Waals surface area contributed by atoms with Crippen LogP contribution < -0.4 is 5.32 Å². The van der Waals surface area contributed by atoms with Crippen molar-refractivity contribution < 1.29 is 19.5 Å². The van der Waals surface area contributed by atoms with Gasteiger partial charge in [-0.05, 0) is 19.4 Å².